The summed E-state index contributed by atoms with van der Waals surface area (Å²) in [5.74, 6) is 0.349. The number of nitrogens with zero attached hydrogens (tertiary/aromatic N) is 1. The second-order valence-electron chi connectivity index (χ2n) is 5.20. The van der Waals surface area contributed by atoms with Crippen molar-refractivity contribution >= 4 is 12.0 Å². The molecule has 2 nitrogen and oxygen atoms in total. The van der Waals surface area contributed by atoms with Crippen LogP contribution in [0.3, 0.4) is 0 Å². The molecule has 0 N–H and O–H groups in total. The number of rotatable bonds is 0. The van der Waals surface area contributed by atoms with Crippen LogP contribution in [0.5, 0.6) is 0 Å². The molecule has 2 heterocycles. The number of hydrogen-bond donors (Lipinski definition) is 0. The fraction of sp³-hybridized carbons (Fsp3) is 0.462. The van der Waals surface area contributed by atoms with Gasteiger partial charge in [0.05, 0.1) is 5.69 Å². The Morgan fingerprint density at radius 2 is 2.13 bits per heavy atom. The lowest BCUT2D eigenvalue weighted by Crippen LogP contribution is -2.28. The van der Waals surface area contributed by atoms with Crippen LogP contribution >= 0.6 is 0 Å². The lowest BCUT2D eigenvalue weighted by molar-refractivity contribution is 0.0816. The van der Waals surface area contributed by atoms with Gasteiger partial charge in [0.15, 0.2) is 5.78 Å². The van der Waals surface area contributed by atoms with Crippen molar-refractivity contribution in [2.75, 3.05) is 0 Å². The molecule has 0 fully saturated rings. The molecule has 0 amide bonds. The second kappa shape index (κ2) is 3.37. The minimum Gasteiger partial charge on any atom is -0.321 e. The van der Waals surface area contributed by atoms with E-state index in [2.05, 4.69) is 26.8 Å². The number of fused-ring (bicyclic) bond motifs is 1. The summed E-state index contributed by atoms with van der Waals surface area (Å²) in [6.07, 6.45) is 6.84. The normalized spacial score (nSPS) is 21.3. The molecule has 15 heavy (non-hydrogen) atoms. The SMILES string of the molecule is CC(C)(C)C1CC=Cn2cccc2C1=O. The molecule has 0 saturated carbocycles. The van der Waals surface area contributed by atoms with Crippen LogP contribution in [-0.4, -0.2) is 10.4 Å². The largest absolute Gasteiger partial charge is 0.321 e. The Morgan fingerprint density at radius 3 is 2.80 bits per heavy atom. The van der Waals surface area contributed by atoms with Crippen molar-refractivity contribution in [1.82, 2.24) is 4.57 Å². The Balaban J connectivity index is 2.43. The molecule has 1 aromatic heterocycles. The second-order valence-corrected chi connectivity index (χ2v) is 5.20. The number of aromatic nitrogens is 1. The minimum absolute atomic E-state index is 0.0286. The standard InChI is InChI=1S/C13H17NO/c1-13(2,3)10-6-4-8-14-9-5-7-11(14)12(10)15/h4-5,7-10H,6H2,1-3H3. The zero-order valence-electron chi connectivity index (χ0n) is 9.53. The lowest BCUT2D eigenvalue weighted by Gasteiger charge is -2.27. The van der Waals surface area contributed by atoms with Crippen molar-refractivity contribution in [2.24, 2.45) is 11.3 Å². The number of ketones is 1. The molecule has 2 heteroatoms. The highest BCUT2D eigenvalue weighted by Gasteiger charge is 2.32. The molecular formula is C13H17NO. The predicted molar refractivity (Wildman–Crippen MR) is 61.7 cm³/mol. The van der Waals surface area contributed by atoms with Crippen LogP contribution in [0.4, 0.5) is 0 Å². The van der Waals surface area contributed by atoms with Gasteiger partial charge in [-0.2, -0.15) is 0 Å². The summed E-state index contributed by atoms with van der Waals surface area (Å²) in [7, 11) is 0. The zero-order valence-corrected chi connectivity index (χ0v) is 9.53. The highest BCUT2D eigenvalue weighted by atomic mass is 16.1. The van der Waals surface area contributed by atoms with E-state index in [9.17, 15) is 4.79 Å². The van der Waals surface area contributed by atoms with Crippen molar-refractivity contribution < 1.29 is 4.79 Å². The number of Topliss-reactive ketones (excluding diaryl/α,β-unsaturated/α-hetero) is 1. The molecule has 0 spiro atoms. The fourth-order valence-electron chi connectivity index (χ4n) is 2.08. The molecule has 0 radical (unpaired) electrons. The van der Waals surface area contributed by atoms with Crippen molar-refractivity contribution in [3.8, 4) is 0 Å². The van der Waals surface area contributed by atoms with Gasteiger partial charge >= 0.3 is 0 Å². The maximum atomic E-state index is 12.3. The maximum Gasteiger partial charge on any atom is 0.183 e. The smallest absolute Gasteiger partial charge is 0.183 e. The molecule has 0 saturated heterocycles. The van der Waals surface area contributed by atoms with Gasteiger partial charge in [0, 0.05) is 18.3 Å². The van der Waals surface area contributed by atoms with E-state index in [1.807, 2.05) is 29.1 Å². The van der Waals surface area contributed by atoms with Crippen molar-refractivity contribution in [2.45, 2.75) is 27.2 Å². The molecule has 80 valence electrons. The molecule has 1 aromatic rings. The summed E-state index contributed by atoms with van der Waals surface area (Å²) >= 11 is 0. The summed E-state index contributed by atoms with van der Waals surface area (Å²) in [6.45, 7) is 6.38. The number of allylic oxidation sites excluding steroid dienone is 1. The van der Waals surface area contributed by atoms with Gasteiger partial charge in [-0.15, -0.1) is 0 Å². The average Bonchev–Trinajstić information content (AvgIpc) is 2.52. The zero-order chi connectivity index (χ0) is 11.1. The van der Waals surface area contributed by atoms with E-state index in [1.54, 1.807) is 0 Å². The Kier molecular flexibility index (Phi) is 2.29. The molecule has 0 aliphatic carbocycles. The Labute approximate surface area is 90.6 Å². The van der Waals surface area contributed by atoms with Crippen LogP contribution in [0.1, 0.15) is 37.7 Å². The first-order chi connectivity index (χ1) is 7.00. The van der Waals surface area contributed by atoms with Gasteiger partial charge in [-0.25, -0.2) is 0 Å². The predicted octanol–water partition coefficient (Wildman–Crippen LogP) is 3.21. The van der Waals surface area contributed by atoms with Gasteiger partial charge in [0.2, 0.25) is 0 Å². The van der Waals surface area contributed by atoms with E-state index in [4.69, 9.17) is 0 Å². The van der Waals surface area contributed by atoms with Gasteiger partial charge in [-0.3, -0.25) is 4.79 Å². The van der Waals surface area contributed by atoms with E-state index in [0.29, 0.717) is 0 Å². The van der Waals surface area contributed by atoms with Crippen molar-refractivity contribution in [3.05, 3.63) is 30.1 Å². The van der Waals surface area contributed by atoms with Gasteiger partial charge in [-0.05, 0) is 24.0 Å². The van der Waals surface area contributed by atoms with E-state index in [-0.39, 0.29) is 17.1 Å². The Bertz CT molecular complexity index is 406. The van der Waals surface area contributed by atoms with E-state index < -0.39 is 0 Å². The third-order valence-electron chi connectivity index (χ3n) is 3.03. The third kappa shape index (κ3) is 1.76. The molecule has 1 atom stereocenters. The maximum absolute atomic E-state index is 12.3. The Hall–Kier alpha value is -1.31. The first kappa shape index (κ1) is 10.2. The molecule has 0 bridgehead atoms. The first-order valence-corrected chi connectivity index (χ1v) is 5.38. The van der Waals surface area contributed by atoms with Crippen LogP contribution in [-0.2, 0) is 0 Å². The summed E-state index contributed by atoms with van der Waals surface area (Å²) < 4.78 is 1.91. The van der Waals surface area contributed by atoms with Gasteiger partial charge in [0.25, 0.3) is 0 Å². The number of hydrogen-bond acceptors (Lipinski definition) is 1. The van der Waals surface area contributed by atoms with Gasteiger partial charge in [0.1, 0.15) is 0 Å². The van der Waals surface area contributed by atoms with Crippen molar-refractivity contribution in [3.63, 3.8) is 0 Å². The molecule has 1 aliphatic heterocycles. The van der Waals surface area contributed by atoms with Crippen LogP contribution in [0.2, 0.25) is 0 Å². The lowest BCUT2D eigenvalue weighted by atomic mass is 9.76. The number of carbonyl (C=O) groups is 1. The Morgan fingerprint density at radius 1 is 1.40 bits per heavy atom. The molecular weight excluding hydrogens is 186 g/mol. The van der Waals surface area contributed by atoms with Crippen LogP contribution in [0, 0.1) is 11.3 Å². The highest BCUT2D eigenvalue weighted by molar-refractivity contribution is 5.98. The van der Waals surface area contributed by atoms with Crippen LogP contribution < -0.4 is 0 Å². The van der Waals surface area contributed by atoms with Crippen LogP contribution in [0.25, 0.3) is 6.20 Å². The van der Waals surface area contributed by atoms with Crippen LogP contribution in [0.15, 0.2) is 24.4 Å². The average molecular weight is 203 g/mol. The monoisotopic (exact) mass is 203 g/mol. The fourth-order valence-corrected chi connectivity index (χ4v) is 2.08. The van der Waals surface area contributed by atoms with Gasteiger partial charge < -0.3 is 4.57 Å². The van der Waals surface area contributed by atoms with E-state index in [0.717, 1.165) is 12.1 Å². The molecule has 1 aliphatic rings. The molecule has 2 rings (SSSR count). The number of carbonyl (C=O) groups excluding carboxylic acids is 1. The first-order valence-electron chi connectivity index (χ1n) is 5.38. The topological polar surface area (TPSA) is 22.0 Å². The van der Waals surface area contributed by atoms with Crippen molar-refractivity contribution in [1.29, 1.82) is 0 Å². The van der Waals surface area contributed by atoms with E-state index in [1.165, 1.54) is 0 Å². The quantitative estimate of drug-likeness (QED) is 0.634. The summed E-state index contributed by atoms with van der Waals surface area (Å²) in [6, 6.07) is 3.82. The summed E-state index contributed by atoms with van der Waals surface area (Å²) in [5, 5.41) is 0. The third-order valence-corrected chi connectivity index (χ3v) is 3.03. The summed E-state index contributed by atoms with van der Waals surface area (Å²) in [5.41, 5.74) is 0.838. The molecule has 0 aromatic carbocycles. The summed E-state index contributed by atoms with van der Waals surface area (Å²) in [4.78, 5) is 12.3. The van der Waals surface area contributed by atoms with Gasteiger partial charge in [-0.1, -0.05) is 26.8 Å². The van der Waals surface area contributed by atoms with E-state index >= 15 is 0 Å². The molecule has 1 unspecified atom stereocenters. The minimum atomic E-state index is 0.0286. The highest BCUT2D eigenvalue weighted by Crippen LogP contribution is 2.33.